The second-order valence-electron chi connectivity index (χ2n) is 6.37. The van der Waals surface area contributed by atoms with E-state index in [-0.39, 0.29) is 6.10 Å². The van der Waals surface area contributed by atoms with Crippen LogP contribution in [-0.2, 0) is 9.22 Å². The van der Waals surface area contributed by atoms with Gasteiger partial charge in [-0.1, -0.05) is 47.6 Å². The Morgan fingerprint density at radius 1 is 1.17 bits per heavy atom. The van der Waals surface area contributed by atoms with Crippen LogP contribution in [0.2, 0.25) is 16.6 Å². The number of aldehydes is 1. The van der Waals surface area contributed by atoms with Crippen molar-refractivity contribution in [2.45, 2.75) is 77.1 Å². The van der Waals surface area contributed by atoms with E-state index in [1.807, 2.05) is 6.08 Å². The zero-order valence-electron chi connectivity index (χ0n) is 12.7. The second-order valence-corrected chi connectivity index (χ2v) is 11.8. The lowest BCUT2D eigenvalue weighted by atomic mass is 10.3. The highest BCUT2D eigenvalue weighted by molar-refractivity contribution is 6.77. The van der Waals surface area contributed by atoms with Crippen LogP contribution in [0.4, 0.5) is 0 Å². The first-order valence-corrected chi connectivity index (χ1v) is 9.32. The summed E-state index contributed by atoms with van der Waals surface area (Å²) in [6.45, 7) is 13.8. The Morgan fingerprint density at radius 2 is 1.67 bits per heavy atom. The minimum absolute atomic E-state index is 0.170. The number of carbonyl (C=O) groups excluding carboxylic acids is 1. The van der Waals surface area contributed by atoms with E-state index < -0.39 is 8.32 Å². The van der Waals surface area contributed by atoms with Crippen molar-refractivity contribution in [1.82, 2.24) is 0 Å². The van der Waals surface area contributed by atoms with Crippen molar-refractivity contribution in [3.05, 3.63) is 11.6 Å². The van der Waals surface area contributed by atoms with Crippen molar-refractivity contribution in [3.63, 3.8) is 0 Å². The molecule has 1 aliphatic rings. The molecule has 0 radical (unpaired) electrons. The van der Waals surface area contributed by atoms with E-state index >= 15 is 0 Å². The molecule has 0 fully saturated rings. The minimum Gasteiger partial charge on any atom is -0.410 e. The first-order valence-electron chi connectivity index (χ1n) is 7.18. The predicted molar refractivity (Wildman–Crippen MR) is 79.3 cm³/mol. The molecule has 0 aromatic rings. The average Bonchev–Trinajstić information content (AvgIpc) is 2.71. The van der Waals surface area contributed by atoms with Gasteiger partial charge in [-0.15, -0.1) is 0 Å². The van der Waals surface area contributed by atoms with Crippen LogP contribution in [0.25, 0.3) is 0 Å². The zero-order chi connectivity index (χ0) is 13.9. The Labute approximate surface area is 113 Å². The topological polar surface area (TPSA) is 26.3 Å². The van der Waals surface area contributed by atoms with Crippen LogP contribution in [0, 0.1) is 0 Å². The van der Waals surface area contributed by atoms with E-state index in [0.717, 1.165) is 24.7 Å². The van der Waals surface area contributed by atoms with Crippen molar-refractivity contribution >= 4 is 14.6 Å². The molecule has 18 heavy (non-hydrogen) atoms. The van der Waals surface area contributed by atoms with Crippen LogP contribution in [0.3, 0.4) is 0 Å². The van der Waals surface area contributed by atoms with Crippen molar-refractivity contribution in [3.8, 4) is 0 Å². The first-order chi connectivity index (χ1) is 8.34. The molecule has 3 heteroatoms. The molecule has 104 valence electrons. The molecule has 0 amide bonds. The summed E-state index contributed by atoms with van der Waals surface area (Å²) in [7, 11) is -1.80. The average molecular weight is 268 g/mol. The van der Waals surface area contributed by atoms with Crippen LogP contribution in [0.5, 0.6) is 0 Å². The number of rotatable bonds is 6. The lowest BCUT2D eigenvalue weighted by Crippen LogP contribution is -2.49. The van der Waals surface area contributed by atoms with Gasteiger partial charge in [-0.25, -0.2) is 0 Å². The van der Waals surface area contributed by atoms with Crippen LogP contribution < -0.4 is 0 Å². The number of hydrogen-bond acceptors (Lipinski definition) is 2. The van der Waals surface area contributed by atoms with Crippen LogP contribution in [-0.4, -0.2) is 20.7 Å². The fourth-order valence-corrected chi connectivity index (χ4v) is 9.10. The summed E-state index contributed by atoms with van der Waals surface area (Å²) in [4.78, 5) is 10.8. The van der Waals surface area contributed by atoms with Gasteiger partial charge in [-0.05, 0) is 35.0 Å². The van der Waals surface area contributed by atoms with Crippen LogP contribution in [0.15, 0.2) is 11.6 Å². The molecule has 0 aromatic carbocycles. The molecule has 0 aromatic heterocycles. The Bertz CT molecular complexity index is 297. The molecule has 0 N–H and O–H groups in total. The fourth-order valence-electron chi connectivity index (χ4n) is 3.58. The molecule has 2 nitrogen and oxygen atoms in total. The monoisotopic (exact) mass is 268 g/mol. The third-order valence-corrected chi connectivity index (χ3v) is 10.5. The number of hydrogen-bond donors (Lipinski definition) is 0. The molecule has 0 saturated heterocycles. The van der Waals surface area contributed by atoms with Crippen molar-refractivity contribution in [1.29, 1.82) is 0 Å². The van der Waals surface area contributed by atoms with E-state index in [0.29, 0.717) is 16.6 Å². The number of carbonyl (C=O) groups is 1. The highest BCUT2D eigenvalue weighted by atomic mass is 28.4. The van der Waals surface area contributed by atoms with E-state index in [1.54, 1.807) is 0 Å². The Balaban J connectivity index is 2.92. The van der Waals surface area contributed by atoms with E-state index in [2.05, 4.69) is 41.5 Å². The summed E-state index contributed by atoms with van der Waals surface area (Å²) in [5, 5.41) is 0. The maximum absolute atomic E-state index is 10.8. The summed E-state index contributed by atoms with van der Waals surface area (Å²) >= 11 is 0. The molecule has 1 unspecified atom stereocenters. The molecule has 1 rings (SSSR count). The van der Waals surface area contributed by atoms with Gasteiger partial charge in [0, 0.05) is 0 Å². The lowest BCUT2D eigenvalue weighted by Gasteiger charge is -2.43. The van der Waals surface area contributed by atoms with Gasteiger partial charge in [-0.3, -0.25) is 4.79 Å². The first kappa shape index (κ1) is 15.6. The minimum atomic E-state index is -1.80. The summed E-state index contributed by atoms with van der Waals surface area (Å²) in [6.07, 6.45) is 5.06. The zero-order valence-corrected chi connectivity index (χ0v) is 13.7. The molecular weight excluding hydrogens is 240 g/mol. The molecule has 0 aliphatic heterocycles. The lowest BCUT2D eigenvalue weighted by molar-refractivity contribution is -0.105. The standard InChI is InChI=1S/C15H28O2Si/c1-11(2)18(12(3)4,13(5)6)17-15-8-7-14(9-15)10-16/h9-13,15H,7-8H2,1-6H3. The van der Waals surface area contributed by atoms with Crippen molar-refractivity contribution < 1.29 is 9.22 Å². The maximum atomic E-state index is 10.8. The van der Waals surface area contributed by atoms with E-state index in [1.165, 1.54) is 0 Å². The largest absolute Gasteiger partial charge is 0.410 e. The van der Waals surface area contributed by atoms with Crippen molar-refractivity contribution in [2.24, 2.45) is 0 Å². The number of allylic oxidation sites excluding steroid dienone is 1. The van der Waals surface area contributed by atoms with Gasteiger partial charge in [0.15, 0.2) is 0 Å². The van der Waals surface area contributed by atoms with Crippen LogP contribution >= 0.6 is 0 Å². The van der Waals surface area contributed by atoms with Gasteiger partial charge < -0.3 is 4.43 Å². The highest BCUT2D eigenvalue weighted by Crippen LogP contribution is 2.44. The van der Waals surface area contributed by atoms with E-state index in [9.17, 15) is 4.79 Å². The summed E-state index contributed by atoms with van der Waals surface area (Å²) in [6, 6.07) is 0. The SMILES string of the molecule is CC(C)[Si](OC1C=C(C=O)CC1)(C(C)C)C(C)C. The third kappa shape index (κ3) is 2.94. The molecular formula is C15H28O2Si. The van der Waals surface area contributed by atoms with Gasteiger partial charge >= 0.3 is 0 Å². The van der Waals surface area contributed by atoms with Crippen LogP contribution in [0.1, 0.15) is 54.4 Å². The Hall–Kier alpha value is -0.413. The summed E-state index contributed by atoms with van der Waals surface area (Å²) in [5.74, 6) is 0. The van der Waals surface area contributed by atoms with Gasteiger partial charge in [0.05, 0.1) is 6.10 Å². The van der Waals surface area contributed by atoms with Crippen molar-refractivity contribution in [2.75, 3.05) is 0 Å². The van der Waals surface area contributed by atoms with Gasteiger partial charge in [0.2, 0.25) is 8.32 Å². The Morgan fingerprint density at radius 3 is 2.00 bits per heavy atom. The Kier molecular flexibility index (Phi) is 5.35. The second kappa shape index (κ2) is 6.16. The fraction of sp³-hybridized carbons (Fsp3) is 0.800. The molecule has 0 heterocycles. The smallest absolute Gasteiger partial charge is 0.201 e. The molecule has 1 aliphatic carbocycles. The van der Waals surface area contributed by atoms with Gasteiger partial charge in [-0.2, -0.15) is 0 Å². The molecule has 0 saturated carbocycles. The van der Waals surface area contributed by atoms with Gasteiger partial charge in [0.25, 0.3) is 0 Å². The molecule has 0 bridgehead atoms. The maximum Gasteiger partial charge on any atom is 0.201 e. The van der Waals surface area contributed by atoms with E-state index in [4.69, 9.17) is 4.43 Å². The summed E-state index contributed by atoms with van der Waals surface area (Å²) < 4.78 is 6.62. The summed E-state index contributed by atoms with van der Waals surface area (Å²) in [5.41, 5.74) is 2.72. The highest BCUT2D eigenvalue weighted by Gasteiger charge is 2.46. The molecule has 0 spiro atoms. The molecule has 1 atom stereocenters. The quantitative estimate of drug-likeness (QED) is 0.525. The third-order valence-electron chi connectivity index (χ3n) is 4.33. The predicted octanol–water partition coefficient (Wildman–Crippen LogP) is 4.47. The normalized spacial score (nSPS) is 20.9. The van der Waals surface area contributed by atoms with Gasteiger partial charge in [0.1, 0.15) is 6.29 Å².